The second-order valence-electron chi connectivity index (χ2n) is 10.6. The fourth-order valence-corrected chi connectivity index (χ4v) is 5.25. The molecule has 1 saturated heterocycles. The number of hydrogen-bond acceptors (Lipinski definition) is 3. The lowest BCUT2D eigenvalue weighted by Gasteiger charge is -2.30. The Morgan fingerprint density at radius 2 is 1.61 bits per heavy atom. The third-order valence-corrected chi connectivity index (χ3v) is 7.02. The number of benzene rings is 3. The van der Waals surface area contributed by atoms with Crippen molar-refractivity contribution in [1.29, 1.82) is 0 Å². The Balaban J connectivity index is 1.56. The summed E-state index contributed by atoms with van der Waals surface area (Å²) in [6, 6.07) is 25.2. The average molecular weight is 488 g/mol. The van der Waals surface area contributed by atoms with Gasteiger partial charge < -0.3 is 9.80 Å². The summed E-state index contributed by atoms with van der Waals surface area (Å²) in [5.41, 5.74) is 4.33. The molecule has 0 radical (unpaired) electrons. The lowest BCUT2D eigenvalue weighted by Crippen LogP contribution is -2.39. The molecule has 0 spiro atoms. The minimum absolute atomic E-state index is 0.0832. The maximum Gasteiger partial charge on any atom is 0.253 e. The van der Waals surface area contributed by atoms with E-state index in [-0.39, 0.29) is 23.6 Å². The first-order chi connectivity index (χ1) is 17.3. The Morgan fingerprint density at radius 3 is 2.22 bits per heavy atom. The molecule has 2 atom stereocenters. The number of anilines is 1. The van der Waals surface area contributed by atoms with Crippen LogP contribution in [0.15, 0.2) is 78.9 Å². The quantitative estimate of drug-likeness (QED) is 0.376. The molecule has 1 heterocycles. The molecule has 36 heavy (non-hydrogen) atoms. The molecule has 0 N–H and O–H groups in total. The molecule has 1 fully saturated rings. The Morgan fingerprint density at radius 1 is 0.944 bits per heavy atom. The zero-order valence-corrected chi connectivity index (χ0v) is 21.9. The number of rotatable bonds is 9. The third kappa shape index (κ3) is 6.52. The number of likely N-dealkylation sites (tertiary alicyclic amines) is 1. The summed E-state index contributed by atoms with van der Waals surface area (Å²) in [7, 11) is 4.10. The smallest absolute Gasteiger partial charge is 0.253 e. The number of nitrogens with zero attached hydrogens (tertiary/aromatic N) is 3. The van der Waals surface area contributed by atoms with Crippen molar-refractivity contribution >= 4 is 11.6 Å². The van der Waals surface area contributed by atoms with Gasteiger partial charge in [0.15, 0.2) is 0 Å². The molecule has 1 amide bonds. The summed E-state index contributed by atoms with van der Waals surface area (Å²) in [4.78, 5) is 20.1. The van der Waals surface area contributed by atoms with Crippen LogP contribution in [-0.4, -0.2) is 56.0 Å². The second-order valence-corrected chi connectivity index (χ2v) is 10.6. The van der Waals surface area contributed by atoms with E-state index in [1.165, 1.54) is 11.3 Å². The van der Waals surface area contributed by atoms with E-state index in [4.69, 9.17) is 0 Å². The summed E-state index contributed by atoms with van der Waals surface area (Å²) in [5.74, 6) is 0.745. The fourth-order valence-electron chi connectivity index (χ4n) is 5.25. The predicted octanol–water partition coefficient (Wildman–Crippen LogP) is 5.91. The van der Waals surface area contributed by atoms with E-state index in [2.05, 4.69) is 47.9 Å². The van der Waals surface area contributed by atoms with Gasteiger partial charge >= 0.3 is 0 Å². The molecule has 0 unspecified atom stereocenters. The van der Waals surface area contributed by atoms with Crippen molar-refractivity contribution in [2.45, 2.75) is 26.3 Å². The van der Waals surface area contributed by atoms with Crippen LogP contribution < -0.4 is 4.90 Å². The molecule has 0 aliphatic carbocycles. The molecule has 3 aromatic carbocycles. The van der Waals surface area contributed by atoms with Gasteiger partial charge in [-0.2, -0.15) is 0 Å². The van der Waals surface area contributed by atoms with Crippen molar-refractivity contribution in [1.82, 2.24) is 9.80 Å². The van der Waals surface area contributed by atoms with Gasteiger partial charge in [-0.25, -0.2) is 4.39 Å². The summed E-state index contributed by atoms with van der Waals surface area (Å²) in [5, 5.41) is 0. The van der Waals surface area contributed by atoms with Crippen molar-refractivity contribution in [3.05, 3.63) is 101 Å². The van der Waals surface area contributed by atoms with E-state index in [0.29, 0.717) is 19.0 Å². The first-order valence-electron chi connectivity index (χ1n) is 12.9. The van der Waals surface area contributed by atoms with E-state index in [9.17, 15) is 9.18 Å². The highest BCUT2D eigenvalue weighted by molar-refractivity contribution is 5.94. The summed E-state index contributed by atoms with van der Waals surface area (Å²) in [6.45, 7) is 8.35. The molecule has 190 valence electrons. The van der Waals surface area contributed by atoms with Gasteiger partial charge in [-0.15, -0.1) is 0 Å². The highest BCUT2D eigenvalue weighted by Crippen LogP contribution is 2.35. The Hall–Kier alpha value is -3.18. The molecule has 4 nitrogen and oxygen atoms in total. The molecule has 1 aliphatic heterocycles. The van der Waals surface area contributed by atoms with Crippen molar-refractivity contribution in [2.75, 3.05) is 45.2 Å². The van der Waals surface area contributed by atoms with E-state index in [0.717, 1.165) is 30.8 Å². The SMILES string of the molecule is CC(C)CN(C[C@H]1CN(Cc2ccc(N(C)C)cc2)C[C@@H]1c1ccc(F)cc1)C(=O)c1ccccc1. The van der Waals surface area contributed by atoms with Crippen molar-refractivity contribution in [3.8, 4) is 0 Å². The predicted molar refractivity (Wildman–Crippen MR) is 146 cm³/mol. The van der Waals surface area contributed by atoms with Gasteiger partial charge in [0.1, 0.15) is 5.82 Å². The first-order valence-corrected chi connectivity index (χ1v) is 12.9. The first kappa shape index (κ1) is 25.9. The van der Waals surface area contributed by atoms with Gasteiger partial charge in [0.2, 0.25) is 0 Å². The highest BCUT2D eigenvalue weighted by Gasteiger charge is 2.36. The number of amides is 1. The normalized spacial score (nSPS) is 17.9. The summed E-state index contributed by atoms with van der Waals surface area (Å²) >= 11 is 0. The van der Waals surface area contributed by atoms with Gasteiger partial charge in [0.25, 0.3) is 5.91 Å². The minimum atomic E-state index is -0.216. The third-order valence-electron chi connectivity index (χ3n) is 7.02. The van der Waals surface area contributed by atoms with E-state index < -0.39 is 0 Å². The van der Waals surface area contributed by atoms with Crippen LogP contribution in [0.4, 0.5) is 10.1 Å². The molecular weight excluding hydrogens is 449 g/mol. The minimum Gasteiger partial charge on any atom is -0.378 e. The molecule has 3 aromatic rings. The number of carbonyl (C=O) groups is 1. The molecule has 1 aliphatic rings. The van der Waals surface area contributed by atoms with Crippen LogP contribution in [0.3, 0.4) is 0 Å². The van der Waals surface area contributed by atoms with Gasteiger partial charge in [-0.05, 0) is 59.4 Å². The van der Waals surface area contributed by atoms with Crippen LogP contribution in [0.5, 0.6) is 0 Å². The Bertz CT molecular complexity index is 1110. The van der Waals surface area contributed by atoms with Gasteiger partial charge in [0, 0.05) is 64.0 Å². The van der Waals surface area contributed by atoms with E-state index in [1.807, 2.05) is 61.5 Å². The van der Waals surface area contributed by atoms with Crippen LogP contribution in [0.25, 0.3) is 0 Å². The van der Waals surface area contributed by atoms with Gasteiger partial charge in [0.05, 0.1) is 0 Å². The lowest BCUT2D eigenvalue weighted by atomic mass is 9.88. The van der Waals surface area contributed by atoms with E-state index >= 15 is 0 Å². The van der Waals surface area contributed by atoms with E-state index in [1.54, 1.807) is 12.1 Å². The second kappa shape index (κ2) is 11.7. The molecular formula is C31H38FN3O. The summed E-state index contributed by atoms with van der Waals surface area (Å²) < 4.78 is 13.7. The Kier molecular flexibility index (Phi) is 8.42. The standard InChI is InChI=1S/C31H38FN3O/c1-23(2)18-35(31(36)26-8-6-5-7-9-26)21-27-20-34(19-24-10-16-29(17-11-24)33(3)4)22-30(27)25-12-14-28(32)15-13-25/h5-17,23,27,30H,18-22H2,1-4H3/t27-,30-/m1/s1. The van der Waals surface area contributed by atoms with Crippen LogP contribution in [-0.2, 0) is 6.54 Å². The highest BCUT2D eigenvalue weighted by atomic mass is 19.1. The summed E-state index contributed by atoms with van der Waals surface area (Å²) in [6.07, 6.45) is 0. The van der Waals surface area contributed by atoms with Crippen LogP contribution in [0.1, 0.15) is 41.3 Å². The van der Waals surface area contributed by atoms with Gasteiger partial charge in [-0.3, -0.25) is 9.69 Å². The molecule has 4 rings (SSSR count). The number of carbonyl (C=O) groups excluding carboxylic acids is 1. The zero-order valence-electron chi connectivity index (χ0n) is 21.9. The van der Waals surface area contributed by atoms with Crippen molar-refractivity contribution in [3.63, 3.8) is 0 Å². The van der Waals surface area contributed by atoms with Crippen molar-refractivity contribution < 1.29 is 9.18 Å². The molecule has 0 saturated carbocycles. The van der Waals surface area contributed by atoms with Gasteiger partial charge in [-0.1, -0.05) is 56.3 Å². The topological polar surface area (TPSA) is 26.8 Å². The van der Waals surface area contributed by atoms with Crippen LogP contribution >= 0.6 is 0 Å². The average Bonchev–Trinajstić information content (AvgIpc) is 3.26. The van der Waals surface area contributed by atoms with Crippen molar-refractivity contribution in [2.24, 2.45) is 11.8 Å². The maximum atomic E-state index is 13.7. The molecule has 5 heteroatoms. The molecule has 0 aromatic heterocycles. The largest absolute Gasteiger partial charge is 0.378 e. The zero-order chi connectivity index (χ0) is 25.7. The number of halogens is 1. The fraction of sp³-hybridized carbons (Fsp3) is 0.387. The number of hydrogen-bond donors (Lipinski definition) is 0. The Labute approximate surface area is 215 Å². The molecule has 0 bridgehead atoms. The monoisotopic (exact) mass is 487 g/mol. The van der Waals surface area contributed by atoms with Crippen LogP contribution in [0, 0.1) is 17.7 Å². The maximum absolute atomic E-state index is 13.7. The van der Waals surface area contributed by atoms with Crippen LogP contribution in [0.2, 0.25) is 0 Å². The lowest BCUT2D eigenvalue weighted by molar-refractivity contribution is 0.0703.